The zero-order chi connectivity index (χ0) is 13.7. The topological polar surface area (TPSA) is 70.7 Å². The van der Waals surface area contributed by atoms with Gasteiger partial charge in [-0.1, -0.05) is 13.8 Å². The minimum absolute atomic E-state index is 0.211. The van der Waals surface area contributed by atoms with E-state index in [0.717, 1.165) is 12.4 Å². The molecule has 1 aromatic rings. The van der Waals surface area contributed by atoms with Gasteiger partial charge in [0.05, 0.1) is 6.07 Å². The second-order valence-electron chi connectivity index (χ2n) is 4.17. The number of amides is 1. The van der Waals surface area contributed by atoms with Crippen LogP contribution in [0.3, 0.4) is 0 Å². The summed E-state index contributed by atoms with van der Waals surface area (Å²) < 4.78 is 25.8. The van der Waals surface area contributed by atoms with Crippen LogP contribution in [0.2, 0.25) is 0 Å². The van der Waals surface area contributed by atoms with Gasteiger partial charge >= 0.3 is 6.55 Å². The summed E-state index contributed by atoms with van der Waals surface area (Å²) >= 11 is 0. The fourth-order valence-electron chi connectivity index (χ4n) is 1.35. The summed E-state index contributed by atoms with van der Waals surface area (Å²) in [4.78, 5) is 15.4. The van der Waals surface area contributed by atoms with E-state index in [9.17, 15) is 13.6 Å². The molecule has 1 amide bonds. The molecule has 0 bridgehead atoms. The van der Waals surface area contributed by atoms with E-state index in [4.69, 9.17) is 5.26 Å². The van der Waals surface area contributed by atoms with Gasteiger partial charge in [0.25, 0.3) is 0 Å². The van der Waals surface area contributed by atoms with Crippen LogP contribution in [0.4, 0.5) is 8.78 Å². The number of alkyl halides is 2. The lowest BCUT2D eigenvalue weighted by atomic mass is 10.1. The van der Waals surface area contributed by atoms with Crippen molar-refractivity contribution in [1.29, 1.82) is 5.26 Å². The number of rotatable bonds is 5. The number of nitriles is 1. The third-order valence-corrected chi connectivity index (χ3v) is 2.24. The van der Waals surface area contributed by atoms with Crippen LogP contribution in [0.25, 0.3) is 0 Å². The molecule has 0 aliphatic heterocycles. The predicted molar refractivity (Wildman–Crippen MR) is 59.7 cm³/mol. The highest BCUT2D eigenvalue weighted by Gasteiger charge is 2.27. The summed E-state index contributed by atoms with van der Waals surface area (Å²) in [5.74, 6) is -1.97. The fraction of sp³-hybridized carbons (Fsp3) is 0.545. The number of carbonyl (C=O) groups is 1. The summed E-state index contributed by atoms with van der Waals surface area (Å²) in [6, 6.07) is 1.69. The molecule has 18 heavy (non-hydrogen) atoms. The minimum atomic E-state index is -2.82. The van der Waals surface area contributed by atoms with Crippen LogP contribution in [0.1, 0.15) is 32.1 Å². The van der Waals surface area contributed by atoms with Gasteiger partial charge < -0.3 is 5.32 Å². The normalized spacial score (nSPS) is 12.5. The molecular weight excluding hydrogens is 242 g/mol. The van der Waals surface area contributed by atoms with Crippen molar-refractivity contribution in [3.05, 3.63) is 18.2 Å². The molecule has 0 aromatic carbocycles. The predicted octanol–water partition coefficient (Wildman–Crippen LogP) is 1.66. The second-order valence-corrected chi connectivity index (χ2v) is 4.17. The standard InChI is InChI=1S/C11H14F2N4O/c1-7(2)6-16-10(18)8(5-14)9-15-3-4-17(9)11(12)13/h3-4,7-8,11H,6H2,1-2H3,(H,16,18)/t8-/m0/s1. The quantitative estimate of drug-likeness (QED) is 0.870. The first-order valence-electron chi connectivity index (χ1n) is 5.45. The molecule has 0 aliphatic carbocycles. The Morgan fingerprint density at radius 1 is 1.61 bits per heavy atom. The van der Waals surface area contributed by atoms with Gasteiger partial charge in [0.2, 0.25) is 5.91 Å². The molecule has 0 saturated carbocycles. The molecule has 1 heterocycles. The highest BCUT2D eigenvalue weighted by molar-refractivity contribution is 5.85. The number of hydrogen-bond donors (Lipinski definition) is 1. The van der Waals surface area contributed by atoms with Gasteiger partial charge in [-0.25, -0.2) is 4.98 Å². The maximum Gasteiger partial charge on any atom is 0.319 e. The number of nitrogens with zero attached hydrogens (tertiary/aromatic N) is 3. The summed E-state index contributed by atoms with van der Waals surface area (Å²) in [6.07, 6.45) is 2.18. The highest BCUT2D eigenvalue weighted by Crippen LogP contribution is 2.19. The van der Waals surface area contributed by atoms with Crippen LogP contribution in [0.15, 0.2) is 12.4 Å². The van der Waals surface area contributed by atoms with Gasteiger partial charge in [0.15, 0.2) is 5.92 Å². The number of halogens is 2. The Labute approximate surface area is 103 Å². The van der Waals surface area contributed by atoms with Crippen molar-refractivity contribution < 1.29 is 13.6 Å². The van der Waals surface area contributed by atoms with Crippen molar-refractivity contribution in [2.75, 3.05) is 6.54 Å². The van der Waals surface area contributed by atoms with Crippen LogP contribution < -0.4 is 5.32 Å². The van der Waals surface area contributed by atoms with Gasteiger partial charge in [-0.3, -0.25) is 9.36 Å². The average Bonchev–Trinajstić information content (AvgIpc) is 2.76. The Kier molecular flexibility index (Phi) is 4.77. The van der Waals surface area contributed by atoms with E-state index >= 15 is 0 Å². The van der Waals surface area contributed by atoms with E-state index in [2.05, 4.69) is 10.3 Å². The van der Waals surface area contributed by atoms with Crippen LogP contribution in [0.5, 0.6) is 0 Å². The van der Waals surface area contributed by atoms with Crippen molar-refractivity contribution in [2.24, 2.45) is 5.92 Å². The van der Waals surface area contributed by atoms with Crippen molar-refractivity contribution in [1.82, 2.24) is 14.9 Å². The summed E-state index contributed by atoms with van der Waals surface area (Å²) in [5, 5.41) is 11.5. The molecule has 0 spiro atoms. The van der Waals surface area contributed by atoms with Crippen LogP contribution >= 0.6 is 0 Å². The summed E-state index contributed by atoms with van der Waals surface area (Å²) in [5.41, 5.74) is 0. The monoisotopic (exact) mass is 256 g/mol. The lowest BCUT2D eigenvalue weighted by Crippen LogP contribution is -2.33. The molecular formula is C11H14F2N4O. The Bertz CT molecular complexity index is 450. The van der Waals surface area contributed by atoms with E-state index < -0.39 is 18.4 Å². The van der Waals surface area contributed by atoms with E-state index in [1.807, 2.05) is 13.8 Å². The Morgan fingerprint density at radius 3 is 2.78 bits per heavy atom. The maximum atomic E-state index is 12.6. The molecule has 98 valence electrons. The number of aromatic nitrogens is 2. The Hall–Kier alpha value is -1.97. The molecule has 0 radical (unpaired) electrons. The molecule has 1 rings (SSSR count). The Morgan fingerprint density at radius 2 is 2.28 bits per heavy atom. The summed E-state index contributed by atoms with van der Waals surface area (Å²) in [6.45, 7) is 1.34. The zero-order valence-corrected chi connectivity index (χ0v) is 10.1. The molecule has 7 heteroatoms. The van der Waals surface area contributed by atoms with E-state index in [-0.39, 0.29) is 11.7 Å². The molecule has 0 saturated heterocycles. The molecule has 1 atom stereocenters. The number of hydrogen-bond acceptors (Lipinski definition) is 3. The number of carbonyl (C=O) groups excluding carboxylic acids is 1. The maximum absolute atomic E-state index is 12.6. The molecule has 0 fully saturated rings. The smallest absolute Gasteiger partial charge is 0.319 e. The van der Waals surface area contributed by atoms with Crippen LogP contribution in [0, 0.1) is 17.2 Å². The molecule has 1 N–H and O–H groups in total. The molecule has 5 nitrogen and oxygen atoms in total. The fourth-order valence-corrected chi connectivity index (χ4v) is 1.35. The van der Waals surface area contributed by atoms with E-state index in [1.54, 1.807) is 6.07 Å². The highest BCUT2D eigenvalue weighted by atomic mass is 19.3. The largest absolute Gasteiger partial charge is 0.354 e. The first-order chi connectivity index (χ1) is 8.47. The van der Waals surface area contributed by atoms with Gasteiger partial charge in [0, 0.05) is 18.9 Å². The van der Waals surface area contributed by atoms with E-state index in [1.165, 1.54) is 0 Å². The van der Waals surface area contributed by atoms with Crippen molar-refractivity contribution in [2.45, 2.75) is 26.3 Å². The number of imidazole rings is 1. The Balaban J connectivity index is 2.86. The average molecular weight is 256 g/mol. The second kappa shape index (κ2) is 6.10. The third kappa shape index (κ3) is 3.26. The number of nitrogens with one attached hydrogen (secondary N) is 1. The van der Waals surface area contributed by atoms with Crippen molar-refractivity contribution in [3.8, 4) is 6.07 Å². The van der Waals surface area contributed by atoms with Gasteiger partial charge in [0.1, 0.15) is 5.82 Å². The first-order valence-corrected chi connectivity index (χ1v) is 5.45. The van der Waals surface area contributed by atoms with Crippen LogP contribution in [-0.4, -0.2) is 22.0 Å². The molecule has 0 unspecified atom stereocenters. The lowest BCUT2D eigenvalue weighted by molar-refractivity contribution is -0.121. The first kappa shape index (κ1) is 14.1. The summed E-state index contributed by atoms with van der Waals surface area (Å²) in [7, 11) is 0. The van der Waals surface area contributed by atoms with Gasteiger partial charge in [-0.2, -0.15) is 14.0 Å². The van der Waals surface area contributed by atoms with Gasteiger partial charge in [-0.05, 0) is 5.92 Å². The zero-order valence-electron chi connectivity index (χ0n) is 10.1. The molecule has 1 aromatic heterocycles. The third-order valence-electron chi connectivity index (χ3n) is 2.24. The van der Waals surface area contributed by atoms with Gasteiger partial charge in [-0.15, -0.1) is 0 Å². The molecule has 0 aliphatic rings. The SMILES string of the molecule is CC(C)CNC(=O)[C@@H](C#N)c1nccn1C(F)F. The van der Waals surface area contributed by atoms with E-state index in [0.29, 0.717) is 11.1 Å². The minimum Gasteiger partial charge on any atom is -0.354 e. The van der Waals surface area contributed by atoms with Crippen molar-refractivity contribution in [3.63, 3.8) is 0 Å². The van der Waals surface area contributed by atoms with Crippen LogP contribution in [-0.2, 0) is 4.79 Å². The lowest BCUT2D eigenvalue weighted by Gasteiger charge is -2.13. The van der Waals surface area contributed by atoms with Crippen molar-refractivity contribution >= 4 is 5.91 Å².